The maximum Gasteiger partial charge on any atom is 0.255 e. The minimum atomic E-state index is -0.0210. The third-order valence-corrected chi connectivity index (χ3v) is 2.10. The number of pyridine rings is 1. The second-order valence-corrected chi connectivity index (χ2v) is 3.66. The van der Waals surface area contributed by atoms with E-state index in [1.165, 1.54) is 0 Å². The summed E-state index contributed by atoms with van der Waals surface area (Å²) in [7, 11) is 0. The third-order valence-electron chi connectivity index (χ3n) is 2.10. The zero-order valence-electron chi connectivity index (χ0n) is 9.27. The molecular formula is C11H18N2O2. The SMILES string of the molecule is CC(C)OCCn1cccc(CN)c1=O. The molecule has 0 bridgehead atoms. The van der Waals surface area contributed by atoms with E-state index in [4.69, 9.17) is 10.5 Å². The summed E-state index contributed by atoms with van der Waals surface area (Å²) in [6.07, 6.45) is 1.95. The molecule has 1 heterocycles. The van der Waals surface area contributed by atoms with Gasteiger partial charge in [-0.15, -0.1) is 0 Å². The van der Waals surface area contributed by atoms with Gasteiger partial charge < -0.3 is 15.0 Å². The van der Waals surface area contributed by atoms with Crippen LogP contribution in [0.2, 0.25) is 0 Å². The van der Waals surface area contributed by atoms with Gasteiger partial charge in [0, 0.05) is 24.8 Å². The van der Waals surface area contributed by atoms with Crippen molar-refractivity contribution in [3.8, 4) is 0 Å². The van der Waals surface area contributed by atoms with E-state index in [1.54, 1.807) is 16.8 Å². The van der Waals surface area contributed by atoms with Crippen molar-refractivity contribution >= 4 is 0 Å². The summed E-state index contributed by atoms with van der Waals surface area (Å²) in [6.45, 7) is 5.35. The van der Waals surface area contributed by atoms with Crippen LogP contribution in [0.15, 0.2) is 23.1 Å². The lowest BCUT2D eigenvalue weighted by Crippen LogP contribution is -2.26. The minimum absolute atomic E-state index is 0.0210. The van der Waals surface area contributed by atoms with Crippen molar-refractivity contribution in [2.45, 2.75) is 33.0 Å². The topological polar surface area (TPSA) is 57.2 Å². The smallest absolute Gasteiger partial charge is 0.255 e. The molecule has 0 amide bonds. The summed E-state index contributed by atoms with van der Waals surface area (Å²) in [5.41, 5.74) is 6.07. The Balaban J connectivity index is 2.65. The molecule has 0 spiro atoms. The first-order chi connectivity index (χ1) is 7.15. The standard InChI is InChI=1S/C11H18N2O2/c1-9(2)15-7-6-13-5-3-4-10(8-12)11(13)14/h3-5,9H,6-8,12H2,1-2H3. The van der Waals surface area contributed by atoms with Crippen molar-refractivity contribution in [3.05, 3.63) is 34.2 Å². The van der Waals surface area contributed by atoms with Gasteiger partial charge in [-0.1, -0.05) is 6.07 Å². The fourth-order valence-corrected chi connectivity index (χ4v) is 1.30. The number of nitrogens with zero attached hydrogens (tertiary/aromatic N) is 1. The van der Waals surface area contributed by atoms with Crippen molar-refractivity contribution in [2.24, 2.45) is 5.73 Å². The molecule has 0 aliphatic heterocycles. The predicted octanol–water partition coefficient (Wildman–Crippen LogP) is 0.732. The van der Waals surface area contributed by atoms with Crippen LogP contribution in [-0.4, -0.2) is 17.3 Å². The number of aromatic nitrogens is 1. The van der Waals surface area contributed by atoms with Crippen LogP contribution in [0.25, 0.3) is 0 Å². The fourth-order valence-electron chi connectivity index (χ4n) is 1.30. The highest BCUT2D eigenvalue weighted by molar-refractivity contribution is 5.09. The Morgan fingerprint density at radius 1 is 1.53 bits per heavy atom. The largest absolute Gasteiger partial charge is 0.377 e. The van der Waals surface area contributed by atoms with E-state index in [-0.39, 0.29) is 18.2 Å². The van der Waals surface area contributed by atoms with E-state index in [2.05, 4.69) is 0 Å². The molecule has 0 aromatic carbocycles. The molecule has 0 atom stereocenters. The van der Waals surface area contributed by atoms with Gasteiger partial charge in [0.2, 0.25) is 0 Å². The zero-order valence-corrected chi connectivity index (χ0v) is 9.27. The van der Waals surface area contributed by atoms with E-state index in [9.17, 15) is 4.79 Å². The van der Waals surface area contributed by atoms with E-state index in [0.717, 1.165) is 0 Å². The van der Waals surface area contributed by atoms with Crippen LogP contribution >= 0.6 is 0 Å². The summed E-state index contributed by atoms with van der Waals surface area (Å²) in [4.78, 5) is 11.7. The van der Waals surface area contributed by atoms with Crippen molar-refractivity contribution in [1.82, 2.24) is 4.57 Å². The second kappa shape index (κ2) is 5.68. The van der Waals surface area contributed by atoms with Gasteiger partial charge in [-0.3, -0.25) is 4.79 Å². The molecule has 0 aliphatic carbocycles. The maximum atomic E-state index is 11.7. The lowest BCUT2D eigenvalue weighted by molar-refractivity contribution is 0.0722. The summed E-state index contributed by atoms with van der Waals surface area (Å²) in [5.74, 6) is 0. The van der Waals surface area contributed by atoms with Gasteiger partial charge in [0.25, 0.3) is 5.56 Å². The number of hydrogen-bond acceptors (Lipinski definition) is 3. The van der Waals surface area contributed by atoms with E-state index < -0.39 is 0 Å². The average Bonchev–Trinajstić information content (AvgIpc) is 2.20. The first kappa shape index (κ1) is 11.9. The molecule has 4 nitrogen and oxygen atoms in total. The molecular weight excluding hydrogens is 192 g/mol. The molecule has 0 unspecified atom stereocenters. The maximum absolute atomic E-state index is 11.7. The molecule has 0 fully saturated rings. The highest BCUT2D eigenvalue weighted by Gasteiger charge is 2.01. The van der Waals surface area contributed by atoms with E-state index in [1.807, 2.05) is 19.9 Å². The lowest BCUT2D eigenvalue weighted by atomic mass is 10.3. The van der Waals surface area contributed by atoms with Crippen molar-refractivity contribution in [3.63, 3.8) is 0 Å². The van der Waals surface area contributed by atoms with Gasteiger partial charge in [0.15, 0.2) is 0 Å². The number of ether oxygens (including phenoxy) is 1. The normalized spacial score (nSPS) is 10.9. The van der Waals surface area contributed by atoms with Crippen LogP contribution in [-0.2, 0) is 17.8 Å². The van der Waals surface area contributed by atoms with Crippen molar-refractivity contribution < 1.29 is 4.74 Å². The Morgan fingerprint density at radius 2 is 2.27 bits per heavy atom. The molecule has 15 heavy (non-hydrogen) atoms. The van der Waals surface area contributed by atoms with Crippen LogP contribution in [0.5, 0.6) is 0 Å². The van der Waals surface area contributed by atoms with Gasteiger partial charge in [-0.2, -0.15) is 0 Å². The van der Waals surface area contributed by atoms with Gasteiger partial charge in [0.1, 0.15) is 0 Å². The average molecular weight is 210 g/mol. The van der Waals surface area contributed by atoms with Gasteiger partial charge in [-0.05, 0) is 19.9 Å². The fraction of sp³-hybridized carbons (Fsp3) is 0.545. The number of hydrogen-bond donors (Lipinski definition) is 1. The van der Waals surface area contributed by atoms with Crippen LogP contribution < -0.4 is 11.3 Å². The molecule has 1 aromatic rings. The molecule has 0 radical (unpaired) electrons. The zero-order chi connectivity index (χ0) is 11.3. The molecule has 1 aromatic heterocycles. The van der Waals surface area contributed by atoms with Crippen LogP contribution in [0.3, 0.4) is 0 Å². The Bertz CT molecular complexity index is 358. The molecule has 0 aliphatic rings. The van der Waals surface area contributed by atoms with Crippen LogP contribution in [0, 0.1) is 0 Å². The molecule has 1 rings (SSSR count). The first-order valence-corrected chi connectivity index (χ1v) is 5.15. The van der Waals surface area contributed by atoms with Crippen molar-refractivity contribution in [1.29, 1.82) is 0 Å². The molecule has 2 N–H and O–H groups in total. The first-order valence-electron chi connectivity index (χ1n) is 5.15. The Kier molecular flexibility index (Phi) is 4.52. The summed E-state index contributed by atoms with van der Waals surface area (Å²) >= 11 is 0. The molecule has 0 saturated heterocycles. The molecule has 0 saturated carbocycles. The Morgan fingerprint density at radius 3 is 2.87 bits per heavy atom. The summed E-state index contributed by atoms with van der Waals surface area (Å²) < 4.78 is 7.01. The number of rotatable bonds is 5. The number of nitrogens with two attached hydrogens (primary N) is 1. The molecule has 4 heteroatoms. The molecule has 84 valence electrons. The quantitative estimate of drug-likeness (QED) is 0.779. The predicted molar refractivity (Wildman–Crippen MR) is 59.7 cm³/mol. The van der Waals surface area contributed by atoms with Gasteiger partial charge in [-0.25, -0.2) is 0 Å². The van der Waals surface area contributed by atoms with Gasteiger partial charge >= 0.3 is 0 Å². The minimum Gasteiger partial charge on any atom is -0.377 e. The second-order valence-electron chi connectivity index (χ2n) is 3.66. The summed E-state index contributed by atoms with van der Waals surface area (Å²) in [5, 5.41) is 0. The highest BCUT2D eigenvalue weighted by Crippen LogP contribution is 1.92. The van der Waals surface area contributed by atoms with E-state index >= 15 is 0 Å². The third kappa shape index (κ3) is 3.49. The Hall–Kier alpha value is -1.13. The summed E-state index contributed by atoms with van der Waals surface area (Å²) in [6, 6.07) is 3.58. The Labute approximate surface area is 89.7 Å². The van der Waals surface area contributed by atoms with Gasteiger partial charge in [0.05, 0.1) is 12.7 Å². The monoisotopic (exact) mass is 210 g/mol. The highest BCUT2D eigenvalue weighted by atomic mass is 16.5. The van der Waals surface area contributed by atoms with Crippen molar-refractivity contribution in [2.75, 3.05) is 6.61 Å². The lowest BCUT2D eigenvalue weighted by Gasteiger charge is -2.09. The van der Waals surface area contributed by atoms with Crippen LogP contribution in [0.1, 0.15) is 19.4 Å². The van der Waals surface area contributed by atoms with E-state index in [0.29, 0.717) is 18.7 Å². The van der Waals surface area contributed by atoms with Crippen LogP contribution in [0.4, 0.5) is 0 Å².